The van der Waals surface area contributed by atoms with Crippen LogP contribution in [0.3, 0.4) is 0 Å². The number of aromatic nitrogens is 1. The fourth-order valence-electron chi connectivity index (χ4n) is 0.766. The van der Waals surface area contributed by atoms with Gasteiger partial charge in [0.05, 0.1) is 0 Å². The van der Waals surface area contributed by atoms with Crippen molar-refractivity contribution < 1.29 is 0 Å². The minimum atomic E-state index is 0. The maximum Gasteiger partial charge on any atom is 0.0270 e. The third-order valence-corrected chi connectivity index (χ3v) is 1.31. The van der Waals surface area contributed by atoms with E-state index in [1.807, 2.05) is 12.1 Å². The summed E-state index contributed by atoms with van der Waals surface area (Å²) in [5.74, 6) is 5.11. The van der Waals surface area contributed by atoms with Crippen molar-refractivity contribution in [3.05, 3.63) is 30.1 Å². The second-order valence-electron chi connectivity index (χ2n) is 2.06. The molecule has 0 unspecified atom stereocenters. The summed E-state index contributed by atoms with van der Waals surface area (Å²) in [6.07, 6.45) is 4.52. The summed E-state index contributed by atoms with van der Waals surface area (Å²) in [6, 6.07) is 3.97. The van der Waals surface area contributed by atoms with Gasteiger partial charge in [0.15, 0.2) is 0 Å². The van der Waals surface area contributed by atoms with E-state index in [1.165, 1.54) is 5.56 Å². The Kier molecular flexibility index (Phi) is 10.3. The van der Waals surface area contributed by atoms with Crippen molar-refractivity contribution in [3.8, 4) is 0 Å². The van der Waals surface area contributed by atoms with Crippen molar-refractivity contribution in [1.82, 2.24) is 10.4 Å². The van der Waals surface area contributed by atoms with Crippen LogP contribution in [0.4, 0.5) is 0 Å². The van der Waals surface area contributed by atoms with Gasteiger partial charge in [0.25, 0.3) is 0 Å². The number of rotatable bonds is 3. The number of halogens is 2. The van der Waals surface area contributed by atoms with Crippen molar-refractivity contribution in [3.63, 3.8) is 0 Å². The highest BCUT2D eigenvalue weighted by atomic mass is 35.5. The van der Waals surface area contributed by atoms with Crippen molar-refractivity contribution in [1.29, 1.82) is 0 Å². The highest BCUT2D eigenvalue weighted by Crippen LogP contribution is 1.94. The number of hydrogen-bond acceptors (Lipinski definition) is 3. The van der Waals surface area contributed by atoms with E-state index in [1.54, 1.807) is 12.4 Å². The topological polar surface area (TPSA) is 50.9 Å². The zero-order valence-electron chi connectivity index (χ0n) is 6.56. The van der Waals surface area contributed by atoms with Gasteiger partial charge < -0.3 is 0 Å². The van der Waals surface area contributed by atoms with Crippen molar-refractivity contribution >= 4 is 24.8 Å². The second kappa shape index (κ2) is 8.74. The zero-order valence-corrected chi connectivity index (χ0v) is 8.20. The Morgan fingerprint density at radius 1 is 1.25 bits per heavy atom. The number of nitrogens with one attached hydrogen (secondary N) is 1. The van der Waals surface area contributed by atoms with Gasteiger partial charge in [-0.3, -0.25) is 16.3 Å². The number of nitrogens with zero attached hydrogens (tertiary/aromatic N) is 1. The van der Waals surface area contributed by atoms with Crippen LogP contribution in [-0.4, -0.2) is 11.5 Å². The van der Waals surface area contributed by atoms with Crippen LogP contribution in [0.25, 0.3) is 0 Å². The lowest BCUT2D eigenvalue weighted by Crippen LogP contribution is -2.24. The van der Waals surface area contributed by atoms with Gasteiger partial charge in [-0.15, -0.1) is 24.8 Å². The molecular formula is C7H13Cl2N3. The molecule has 1 rings (SSSR count). The molecule has 0 saturated carbocycles. The fraction of sp³-hybridized carbons (Fsp3) is 0.286. The molecule has 0 radical (unpaired) electrons. The zero-order chi connectivity index (χ0) is 7.23. The second-order valence-corrected chi connectivity index (χ2v) is 2.06. The van der Waals surface area contributed by atoms with Crippen molar-refractivity contribution in [2.45, 2.75) is 6.42 Å². The molecule has 0 aliphatic carbocycles. The van der Waals surface area contributed by atoms with Crippen LogP contribution in [0.15, 0.2) is 24.5 Å². The van der Waals surface area contributed by atoms with E-state index >= 15 is 0 Å². The first-order valence-corrected chi connectivity index (χ1v) is 3.26. The van der Waals surface area contributed by atoms with Gasteiger partial charge in [0.2, 0.25) is 0 Å². The minimum absolute atomic E-state index is 0. The Morgan fingerprint density at radius 3 is 2.33 bits per heavy atom. The molecule has 0 aliphatic heterocycles. The molecule has 12 heavy (non-hydrogen) atoms. The molecule has 70 valence electrons. The number of pyridine rings is 1. The summed E-state index contributed by atoms with van der Waals surface area (Å²) < 4.78 is 0. The van der Waals surface area contributed by atoms with Crippen LogP contribution >= 0.6 is 24.8 Å². The molecule has 0 aromatic carbocycles. The van der Waals surface area contributed by atoms with Crippen LogP contribution in [0, 0.1) is 0 Å². The summed E-state index contributed by atoms with van der Waals surface area (Å²) in [4.78, 5) is 3.90. The fourth-order valence-corrected chi connectivity index (χ4v) is 0.766. The summed E-state index contributed by atoms with van der Waals surface area (Å²) in [5.41, 5.74) is 3.85. The molecule has 5 heteroatoms. The average molecular weight is 210 g/mol. The maximum atomic E-state index is 5.11. The number of hydrazine groups is 1. The Labute approximate surface area is 84.5 Å². The third-order valence-electron chi connectivity index (χ3n) is 1.31. The molecule has 0 atom stereocenters. The molecule has 0 fully saturated rings. The molecule has 0 saturated heterocycles. The molecule has 3 nitrogen and oxygen atoms in total. The smallest absolute Gasteiger partial charge is 0.0270 e. The summed E-state index contributed by atoms with van der Waals surface area (Å²) in [7, 11) is 0. The molecule has 1 aromatic rings. The highest BCUT2D eigenvalue weighted by Gasteiger charge is 1.87. The van der Waals surface area contributed by atoms with Crippen LogP contribution < -0.4 is 11.3 Å². The molecule has 1 heterocycles. The van der Waals surface area contributed by atoms with Gasteiger partial charge >= 0.3 is 0 Å². The molecule has 0 bridgehead atoms. The van der Waals surface area contributed by atoms with Crippen LogP contribution in [0.1, 0.15) is 5.56 Å². The van der Waals surface area contributed by atoms with Crippen LogP contribution in [-0.2, 0) is 6.42 Å². The largest absolute Gasteiger partial charge is 0.271 e. The lowest BCUT2D eigenvalue weighted by molar-refractivity contribution is 0.728. The lowest BCUT2D eigenvalue weighted by atomic mass is 10.2. The van der Waals surface area contributed by atoms with Gasteiger partial charge in [-0.05, 0) is 24.1 Å². The summed E-state index contributed by atoms with van der Waals surface area (Å²) in [5, 5.41) is 0. The molecule has 0 amide bonds. The lowest BCUT2D eigenvalue weighted by Gasteiger charge is -1.97. The SMILES string of the molecule is Cl.Cl.NNCCc1ccncc1. The van der Waals surface area contributed by atoms with Gasteiger partial charge in [-0.1, -0.05) is 0 Å². The number of nitrogens with two attached hydrogens (primary N) is 1. The molecule has 1 aromatic heterocycles. The van der Waals surface area contributed by atoms with E-state index in [0.29, 0.717) is 0 Å². The van der Waals surface area contributed by atoms with E-state index in [-0.39, 0.29) is 24.8 Å². The monoisotopic (exact) mass is 209 g/mol. The van der Waals surface area contributed by atoms with Gasteiger partial charge in [-0.2, -0.15) is 0 Å². The van der Waals surface area contributed by atoms with E-state index in [4.69, 9.17) is 5.84 Å². The maximum absolute atomic E-state index is 5.11. The van der Waals surface area contributed by atoms with E-state index in [0.717, 1.165) is 13.0 Å². The minimum Gasteiger partial charge on any atom is -0.271 e. The Hall–Kier alpha value is -0.350. The Morgan fingerprint density at radius 2 is 1.83 bits per heavy atom. The standard InChI is InChI=1S/C7H11N3.2ClH/c8-10-6-3-7-1-4-9-5-2-7;;/h1-2,4-5,10H,3,6,8H2;2*1H. The summed E-state index contributed by atoms with van der Waals surface area (Å²) in [6.45, 7) is 0.810. The van der Waals surface area contributed by atoms with Gasteiger partial charge in [-0.25, -0.2) is 0 Å². The highest BCUT2D eigenvalue weighted by molar-refractivity contribution is 5.85. The van der Waals surface area contributed by atoms with E-state index in [2.05, 4.69) is 10.4 Å². The molecular weight excluding hydrogens is 197 g/mol. The molecule has 3 N–H and O–H groups in total. The van der Waals surface area contributed by atoms with E-state index < -0.39 is 0 Å². The first-order valence-electron chi connectivity index (χ1n) is 3.26. The predicted octanol–water partition coefficient (Wildman–Crippen LogP) is 0.931. The Balaban J connectivity index is 0. The first kappa shape index (κ1) is 14.2. The first-order chi connectivity index (χ1) is 4.93. The van der Waals surface area contributed by atoms with Crippen molar-refractivity contribution in [2.24, 2.45) is 5.84 Å². The average Bonchev–Trinajstić information content (AvgIpc) is 2.03. The predicted molar refractivity (Wildman–Crippen MR) is 54.6 cm³/mol. The van der Waals surface area contributed by atoms with Gasteiger partial charge in [0, 0.05) is 18.9 Å². The van der Waals surface area contributed by atoms with Crippen molar-refractivity contribution in [2.75, 3.05) is 6.54 Å². The number of hydrogen-bond donors (Lipinski definition) is 2. The third kappa shape index (κ3) is 5.32. The molecule has 0 aliphatic rings. The van der Waals surface area contributed by atoms with Crippen LogP contribution in [0.5, 0.6) is 0 Å². The molecule has 0 spiro atoms. The summed E-state index contributed by atoms with van der Waals surface area (Å²) >= 11 is 0. The quantitative estimate of drug-likeness (QED) is 0.576. The van der Waals surface area contributed by atoms with Gasteiger partial charge in [0.1, 0.15) is 0 Å². The Bertz CT molecular complexity index is 181. The normalized spacial score (nSPS) is 8.08. The van der Waals surface area contributed by atoms with Crippen LogP contribution in [0.2, 0.25) is 0 Å². The van der Waals surface area contributed by atoms with E-state index in [9.17, 15) is 0 Å².